The molecule has 9 nitrogen and oxygen atoms in total. The maximum Gasteiger partial charge on any atom is 0.305 e. The summed E-state index contributed by atoms with van der Waals surface area (Å²) in [4.78, 5) is 47.1. The topological polar surface area (TPSA) is 134 Å². The molecular formula is C23H43N3O6S. The number of hydrogen-bond donors (Lipinski definition) is 4. The van der Waals surface area contributed by atoms with E-state index in [1.807, 2.05) is 0 Å². The van der Waals surface area contributed by atoms with Gasteiger partial charge in [-0.05, 0) is 23.0 Å². The molecule has 1 atom stereocenters. The van der Waals surface area contributed by atoms with Crippen molar-refractivity contribution in [1.29, 1.82) is 0 Å². The zero-order chi connectivity index (χ0) is 25.5. The average Bonchev–Trinajstić information content (AvgIpc) is 2.66. The lowest BCUT2D eigenvalue weighted by Crippen LogP contribution is -2.49. The van der Waals surface area contributed by atoms with Gasteiger partial charge in [-0.2, -0.15) is 11.8 Å². The van der Waals surface area contributed by atoms with Crippen molar-refractivity contribution in [3.63, 3.8) is 0 Å². The second-order valence-electron chi connectivity index (χ2n) is 10.4. The molecule has 0 aliphatic rings. The summed E-state index contributed by atoms with van der Waals surface area (Å²) >= 11 is 1.56. The summed E-state index contributed by atoms with van der Waals surface area (Å²) in [6, 6.07) is -0.749. The highest BCUT2D eigenvalue weighted by atomic mass is 32.2. The van der Waals surface area contributed by atoms with Gasteiger partial charge in [0.2, 0.25) is 17.7 Å². The third-order valence-electron chi connectivity index (χ3n) is 4.25. The Balaban J connectivity index is 4.30. The molecule has 3 amide bonds. The van der Waals surface area contributed by atoms with Crippen LogP contribution in [0.1, 0.15) is 67.2 Å². The molecule has 0 bridgehead atoms. The molecule has 0 aromatic heterocycles. The van der Waals surface area contributed by atoms with Crippen LogP contribution in [0.4, 0.5) is 0 Å². The summed E-state index contributed by atoms with van der Waals surface area (Å²) in [5.41, 5.74) is 0.187. The molecule has 33 heavy (non-hydrogen) atoms. The van der Waals surface area contributed by atoms with E-state index in [0.717, 1.165) is 12.2 Å². The number of rotatable bonds is 16. The number of thioether (sulfide) groups is 1. The van der Waals surface area contributed by atoms with Gasteiger partial charge < -0.3 is 25.8 Å². The Morgan fingerprint density at radius 3 is 2.09 bits per heavy atom. The van der Waals surface area contributed by atoms with E-state index in [1.54, 1.807) is 11.8 Å². The van der Waals surface area contributed by atoms with Gasteiger partial charge in [0.05, 0.1) is 19.6 Å². The number of nitrogens with one attached hydrogen (secondary N) is 3. The third kappa shape index (κ3) is 20.5. The number of aliphatic carboxylic acids is 1. The van der Waals surface area contributed by atoms with E-state index in [1.165, 1.54) is 0 Å². The Morgan fingerprint density at radius 2 is 1.52 bits per heavy atom. The molecule has 10 heteroatoms. The van der Waals surface area contributed by atoms with Gasteiger partial charge in [-0.15, -0.1) is 0 Å². The molecule has 0 saturated heterocycles. The molecule has 0 radical (unpaired) electrons. The number of carbonyl (C=O) groups excluding carboxylic acids is 3. The van der Waals surface area contributed by atoms with Crippen LogP contribution in [0.3, 0.4) is 0 Å². The van der Waals surface area contributed by atoms with E-state index >= 15 is 0 Å². The molecule has 0 saturated carbocycles. The Morgan fingerprint density at radius 1 is 0.848 bits per heavy atom. The van der Waals surface area contributed by atoms with E-state index in [2.05, 4.69) is 57.5 Å². The molecule has 0 unspecified atom stereocenters. The lowest BCUT2D eigenvalue weighted by atomic mass is 9.90. The van der Waals surface area contributed by atoms with Crippen molar-refractivity contribution < 1.29 is 29.0 Å². The standard InChI is InChI=1S/C23H43N3O6S/c1-22(2,3)10-7-18(27)24-12-14-32-13-9-19(28)26-17(15-33-16-23(4,5)6)21(31)25-11-8-20(29)30/h17H,7-16H2,1-6H3,(H,24,27)(H,25,31)(H,26,28)(H,29,30)/t17-/m0/s1. The van der Waals surface area contributed by atoms with Gasteiger partial charge in [0.25, 0.3) is 0 Å². The van der Waals surface area contributed by atoms with Crippen LogP contribution < -0.4 is 16.0 Å². The molecule has 0 fully saturated rings. The minimum Gasteiger partial charge on any atom is -0.481 e. The first-order chi connectivity index (χ1) is 15.2. The van der Waals surface area contributed by atoms with Crippen LogP contribution in [0.25, 0.3) is 0 Å². The van der Waals surface area contributed by atoms with Crippen LogP contribution in [0.5, 0.6) is 0 Å². The molecule has 0 aromatic rings. The predicted molar refractivity (Wildman–Crippen MR) is 131 cm³/mol. The number of hydrogen-bond acceptors (Lipinski definition) is 6. The number of carbonyl (C=O) groups is 4. The van der Waals surface area contributed by atoms with Gasteiger partial charge in [-0.1, -0.05) is 41.5 Å². The fraction of sp³-hybridized carbons (Fsp3) is 0.826. The number of ether oxygens (including phenoxy) is 1. The minimum atomic E-state index is -1.000. The summed E-state index contributed by atoms with van der Waals surface area (Å²) in [5.74, 6) is -0.532. The molecule has 0 rings (SSSR count). The number of carboxylic acid groups (broad SMARTS) is 1. The summed E-state index contributed by atoms with van der Waals surface area (Å²) in [6.45, 7) is 13.4. The van der Waals surface area contributed by atoms with Gasteiger partial charge in [0, 0.05) is 31.7 Å². The highest BCUT2D eigenvalue weighted by Gasteiger charge is 2.22. The summed E-state index contributed by atoms with van der Waals surface area (Å²) in [7, 11) is 0. The lowest BCUT2D eigenvalue weighted by molar-refractivity contribution is -0.137. The van der Waals surface area contributed by atoms with Crippen LogP contribution in [0.15, 0.2) is 0 Å². The zero-order valence-electron chi connectivity index (χ0n) is 21.0. The first kappa shape index (κ1) is 31.2. The van der Waals surface area contributed by atoms with Crippen LogP contribution in [0.2, 0.25) is 0 Å². The van der Waals surface area contributed by atoms with Gasteiger partial charge in [-0.25, -0.2) is 0 Å². The van der Waals surface area contributed by atoms with Crippen molar-refractivity contribution in [3.8, 4) is 0 Å². The Labute approximate surface area is 202 Å². The first-order valence-electron chi connectivity index (χ1n) is 11.4. The number of amides is 3. The highest BCUT2D eigenvalue weighted by Crippen LogP contribution is 2.21. The van der Waals surface area contributed by atoms with E-state index in [-0.39, 0.29) is 48.6 Å². The normalized spacial score (nSPS) is 12.7. The summed E-state index contributed by atoms with van der Waals surface area (Å²) in [6.07, 6.45) is 1.18. The predicted octanol–water partition coefficient (Wildman–Crippen LogP) is 2.19. The Kier molecular flexibility index (Phi) is 15.1. The van der Waals surface area contributed by atoms with E-state index < -0.39 is 17.9 Å². The summed E-state index contributed by atoms with van der Waals surface area (Å²) < 4.78 is 5.41. The monoisotopic (exact) mass is 489 g/mol. The third-order valence-corrected chi connectivity index (χ3v) is 5.89. The molecule has 0 aliphatic carbocycles. The lowest BCUT2D eigenvalue weighted by Gasteiger charge is -2.21. The zero-order valence-corrected chi connectivity index (χ0v) is 21.9. The van der Waals surface area contributed by atoms with E-state index in [4.69, 9.17) is 9.84 Å². The maximum absolute atomic E-state index is 12.4. The van der Waals surface area contributed by atoms with Gasteiger partial charge in [0.15, 0.2) is 0 Å². The van der Waals surface area contributed by atoms with E-state index in [0.29, 0.717) is 25.3 Å². The smallest absolute Gasteiger partial charge is 0.305 e. The molecule has 192 valence electrons. The molecule has 4 N–H and O–H groups in total. The van der Waals surface area contributed by atoms with Crippen LogP contribution in [-0.4, -0.2) is 72.6 Å². The van der Waals surface area contributed by atoms with Crippen molar-refractivity contribution in [1.82, 2.24) is 16.0 Å². The molecular weight excluding hydrogens is 446 g/mol. The largest absolute Gasteiger partial charge is 0.481 e. The number of carboxylic acids is 1. The Bertz CT molecular complexity index is 629. The van der Waals surface area contributed by atoms with Crippen LogP contribution in [0, 0.1) is 10.8 Å². The Hall–Kier alpha value is -1.81. The van der Waals surface area contributed by atoms with Crippen molar-refractivity contribution in [2.24, 2.45) is 10.8 Å². The fourth-order valence-electron chi connectivity index (χ4n) is 2.45. The van der Waals surface area contributed by atoms with Crippen molar-refractivity contribution in [2.75, 3.05) is 37.8 Å². The SMILES string of the molecule is CC(C)(C)CCC(=O)NCCOCCC(=O)N[C@@H](CSCC(C)(C)C)C(=O)NCCC(=O)O. The van der Waals surface area contributed by atoms with Crippen molar-refractivity contribution in [2.45, 2.75) is 73.3 Å². The molecule has 0 aliphatic heterocycles. The maximum atomic E-state index is 12.4. The minimum absolute atomic E-state index is 0.00899. The van der Waals surface area contributed by atoms with Gasteiger partial charge in [0.1, 0.15) is 6.04 Å². The average molecular weight is 490 g/mol. The van der Waals surface area contributed by atoms with Crippen molar-refractivity contribution in [3.05, 3.63) is 0 Å². The highest BCUT2D eigenvalue weighted by molar-refractivity contribution is 7.99. The quantitative estimate of drug-likeness (QED) is 0.244. The van der Waals surface area contributed by atoms with Crippen LogP contribution in [-0.2, 0) is 23.9 Å². The first-order valence-corrected chi connectivity index (χ1v) is 12.6. The molecule has 0 heterocycles. The summed E-state index contributed by atoms with van der Waals surface area (Å²) in [5, 5.41) is 16.8. The second-order valence-corrected chi connectivity index (χ2v) is 11.4. The molecule has 0 aromatic carbocycles. The molecule has 0 spiro atoms. The van der Waals surface area contributed by atoms with E-state index in [9.17, 15) is 19.2 Å². The van der Waals surface area contributed by atoms with Crippen molar-refractivity contribution >= 4 is 35.5 Å². The van der Waals surface area contributed by atoms with Gasteiger partial charge in [-0.3, -0.25) is 19.2 Å². The van der Waals surface area contributed by atoms with Gasteiger partial charge >= 0.3 is 5.97 Å². The fourth-order valence-corrected chi connectivity index (χ4v) is 3.66. The second kappa shape index (κ2) is 15.9. The van der Waals surface area contributed by atoms with Crippen LogP contribution >= 0.6 is 11.8 Å².